The minimum absolute atomic E-state index is 0.0498. The maximum Gasteiger partial charge on any atom is 0.391 e. The molecule has 1 N–H and O–H groups in total. The molecule has 4 heterocycles. The van der Waals surface area contributed by atoms with E-state index in [9.17, 15) is 18.0 Å². The van der Waals surface area contributed by atoms with Crippen LogP contribution in [-0.2, 0) is 0 Å². The molecule has 2 fully saturated rings. The molecule has 0 spiro atoms. The first kappa shape index (κ1) is 19.1. The van der Waals surface area contributed by atoms with Crippen LogP contribution >= 0.6 is 0 Å². The molecular weight excluding hydrogens is 397 g/mol. The number of anilines is 3. The highest BCUT2D eigenvalue weighted by Crippen LogP contribution is 2.47. The highest BCUT2D eigenvalue weighted by molar-refractivity contribution is 6.05. The zero-order valence-electron chi connectivity index (χ0n) is 16.1. The molecule has 3 unspecified atom stereocenters. The van der Waals surface area contributed by atoms with Crippen LogP contribution in [0.5, 0.6) is 0 Å². The highest BCUT2D eigenvalue weighted by atomic mass is 19.4. The van der Waals surface area contributed by atoms with E-state index in [4.69, 9.17) is 4.98 Å². The lowest BCUT2D eigenvalue weighted by Crippen LogP contribution is -2.56. The quantitative estimate of drug-likeness (QED) is 0.787. The van der Waals surface area contributed by atoms with Crippen LogP contribution in [-0.4, -0.2) is 40.1 Å². The van der Waals surface area contributed by atoms with Crippen LogP contribution in [0.2, 0.25) is 0 Å². The van der Waals surface area contributed by atoms with Crippen LogP contribution in [0.25, 0.3) is 0 Å². The smallest absolute Gasteiger partial charge is 0.347 e. The second-order valence-corrected chi connectivity index (χ2v) is 8.05. The Morgan fingerprint density at radius 1 is 1.17 bits per heavy atom. The van der Waals surface area contributed by atoms with E-state index in [1.165, 1.54) is 6.20 Å². The maximum atomic E-state index is 13.2. The fraction of sp³-hybridized carbons (Fsp3) is 0.500. The lowest BCUT2D eigenvalue weighted by atomic mass is 9.79. The fourth-order valence-corrected chi connectivity index (χ4v) is 4.67. The molecule has 3 aliphatic rings. The van der Waals surface area contributed by atoms with Crippen molar-refractivity contribution >= 4 is 23.4 Å². The lowest BCUT2D eigenvalue weighted by molar-refractivity contribution is -0.183. The Balaban J connectivity index is 1.42. The van der Waals surface area contributed by atoms with Gasteiger partial charge >= 0.3 is 12.2 Å². The molecule has 2 aromatic rings. The second kappa shape index (κ2) is 7.10. The van der Waals surface area contributed by atoms with Gasteiger partial charge in [-0.1, -0.05) is 6.42 Å². The Morgan fingerprint density at radius 3 is 2.73 bits per heavy atom. The van der Waals surface area contributed by atoms with Crippen molar-refractivity contribution < 1.29 is 18.0 Å². The van der Waals surface area contributed by atoms with Gasteiger partial charge in [-0.25, -0.2) is 9.78 Å². The van der Waals surface area contributed by atoms with Crippen molar-refractivity contribution in [3.05, 3.63) is 36.2 Å². The first-order valence-corrected chi connectivity index (χ1v) is 10.1. The average Bonchev–Trinajstić information content (AvgIpc) is 2.93. The number of hydrogen-bond acceptors (Lipinski definition) is 5. The van der Waals surface area contributed by atoms with E-state index in [0.29, 0.717) is 30.2 Å². The largest absolute Gasteiger partial charge is 0.391 e. The summed E-state index contributed by atoms with van der Waals surface area (Å²) in [6, 6.07) is 6.65. The molecular formula is C20H21F3N6O. The number of rotatable bonds is 2. The molecule has 2 aromatic heterocycles. The number of alkyl halides is 3. The molecule has 30 heavy (non-hydrogen) atoms. The first-order chi connectivity index (χ1) is 14.4. The van der Waals surface area contributed by atoms with Crippen LogP contribution in [0.3, 0.4) is 0 Å². The summed E-state index contributed by atoms with van der Waals surface area (Å²) in [5.74, 6) is -0.708. The van der Waals surface area contributed by atoms with Crippen molar-refractivity contribution in [2.24, 2.45) is 5.92 Å². The standard InChI is InChI=1S/C20H21F3N6O/c21-20(22,23)13-4-1-3-12(11-13)14-6-7-15-18(25-14)29(17-8-10-28(15)17)19(30)26-16-5-2-9-24-27-16/h2,5-7,9,12-13,17H,1,3-4,8,10-11H2,(H,26,27,30). The van der Waals surface area contributed by atoms with Crippen molar-refractivity contribution in [2.45, 2.75) is 50.4 Å². The predicted molar refractivity (Wildman–Crippen MR) is 104 cm³/mol. The van der Waals surface area contributed by atoms with E-state index >= 15 is 0 Å². The number of nitrogens with zero attached hydrogens (tertiary/aromatic N) is 5. The minimum Gasteiger partial charge on any atom is -0.347 e. The number of amides is 2. The monoisotopic (exact) mass is 418 g/mol. The number of halogens is 3. The third-order valence-electron chi connectivity index (χ3n) is 6.28. The van der Waals surface area contributed by atoms with Gasteiger partial charge in [0.05, 0.1) is 11.6 Å². The number of nitrogens with one attached hydrogen (secondary N) is 1. The molecule has 5 rings (SSSR count). The van der Waals surface area contributed by atoms with Crippen LogP contribution < -0.4 is 15.1 Å². The summed E-state index contributed by atoms with van der Waals surface area (Å²) in [5.41, 5.74) is 1.47. The molecule has 10 heteroatoms. The van der Waals surface area contributed by atoms with Crippen LogP contribution in [0, 0.1) is 5.92 Å². The van der Waals surface area contributed by atoms with Gasteiger partial charge in [-0.05, 0) is 43.5 Å². The van der Waals surface area contributed by atoms with Gasteiger partial charge in [0.15, 0.2) is 11.6 Å². The zero-order valence-corrected chi connectivity index (χ0v) is 16.1. The third-order valence-corrected chi connectivity index (χ3v) is 6.28. The number of carbonyl (C=O) groups is 1. The summed E-state index contributed by atoms with van der Waals surface area (Å²) in [6.07, 6.45) is -0.560. The normalized spacial score (nSPS) is 25.4. The first-order valence-electron chi connectivity index (χ1n) is 10.1. The van der Waals surface area contributed by atoms with Gasteiger partial charge in [-0.3, -0.25) is 10.2 Å². The molecule has 1 aliphatic carbocycles. The SMILES string of the molecule is O=C(Nc1cccnn1)N1c2nc(C3CCCC(C(F)(F)F)C3)ccc2N2CCC21. The molecule has 7 nitrogen and oxygen atoms in total. The summed E-state index contributed by atoms with van der Waals surface area (Å²) in [4.78, 5) is 21.3. The van der Waals surface area contributed by atoms with Crippen LogP contribution in [0.1, 0.15) is 43.7 Å². The Bertz CT molecular complexity index is 953. The van der Waals surface area contributed by atoms with Crippen molar-refractivity contribution in [3.8, 4) is 0 Å². The number of hydrogen-bond donors (Lipinski definition) is 1. The van der Waals surface area contributed by atoms with Crippen LogP contribution in [0.4, 0.5) is 35.3 Å². The fourth-order valence-electron chi connectivity index (χ4n) is 4.67. The van der Waals surface area contributed by atoms with E-state index in [-0.39, 0.29) is 31.0 Å². The van der Waals surface area contributed by atoms with Gasteiger partial charge < -0.3 is 4.90 Å². The number of carbonyl (C=O) groups excluding carboxylic acids is 1. The minimum atomic E-state index is -4.18. The van der Waals surface area contributed by atoms with Crippen molar-refractivity contribution in [1.29, 1.82) is 0 Å². The van der Waals surface area contributed by atoms with Crippen molar-refractivity contribution in [2.75, 3.05) is 21.7 Å². The summed E-state index contributed by atoms with van der Waals surface area (Å²) >= 11 is 0. The van der Waals surface area contributed by atoms with Crippen LogP contribution in [0.15, 0.2) is 30.5 Å². The molecule has 0 bridgehead atoms. The van der Waals surface area contributed by atoms with Gasteiger partial charge in [-0.2, -0.15) is 18.3 Å². The summed E-state index contributed by atoms with van der Waals surface area (Å²) in [7, 11) is 0. The highest BCUT2D eigenvalue weighted by Gasteiger charge is 2.47. The van der Waals surface area contributed by atoms with Gasteiger partial charge in [0.2, 0.25) is 0 Å². The van der Waals surface area contributed by atoms with Crippen molar-refractivity contribution in [1.82, 2.24) is 15.2 Å². The predicted octanol–water partition coefficient (Wildman–Crippen LogP) is 4.30. The Hall–Kier alpha value is -2.91. The van der Waals surface area contributed by atoms with E-state index in [1.807, 2.05) is 12.1 Å². The molecule has 2 aliphatic heterocycles. The van der Waals surface area contributed by atoms with Gasteiger partial charge in [0, 0.05) is 30.8 Å². The number of pyridine rings is 1. The zero-order chi connectivity index (χ0) is 20.9. The van der Waals surface area contributed by atoms with E-state index in [1.54, 1.807) is 17.0 Å². The average molecular weight is 418 g/mol. The number of urea groups is 1. The summed E-state index contributed by atoms with van der Waals surface area (Å²) in [6.45, 7) is 0.813. The van der Waals surface area contributed by atoms with E-state index in [2.05, 4.69) is 20.4 Å². The Labute approximate surface area is 171 Å². The second-order valence-electron chi connectivity index (χ2n) is 8.05. The van der Waals surface area contributed by atoms with E-state index < -0.39 is 12.1 Å². The Kier molecular flexibility index (Phi) is 4.52. The molecule has 2 amide bonds. The lowest BCUT2D eigenvalue weighted by Gasteiger charge is -2.39. The summed E-state index contributed by atoms with van der Waals surface area (Å²) in [5, 5.41) is 10.4. The van der Waals surface area contributed by atoms with Gasteiger partial charge in [0.1, 0.15) is 6.17 Å². The number of aromatic nitrogens is 3. The Morgan fingerprint density at radius 2 is 2.03 bits per heavy atom. The van der Waals surface area contributed by atoms with Gasteiger partial charge in [0.25, 0.3) is 0 Å². The maximum absolute atomic E-state index is 13.2. The van der Waals surface area contributed by atoms with E-state index in [0.717, 1.165) is 18.7 Å². The summed E-state index contributed by atoms with van der Waals surface area (Å²) < 4.78 is 39.7. The molecule has 3 atom stereocenters. The molecule has 158 valence electrons. The topological polar surface area (TPSA) is 74.2 Å². The third kappa shape index (κ3) is 3.23. The molecule has 1 saturated heterocycles. The van der Waals surface area contributed by atoms with Crippen molar-refractivity contribution in [3.63, 3.8) is 0 Å². The molecule has 0 radical (unpaired) electrons. The number of fused-ring (bicyclic) bond motifs is 3. The molecule has 1 saturated carbocycles. The van der Waals surface area contributed by atoms with Gasteiger partial charge in [-0.15, -0.1) is 5.10 Å². The molecule has 0 aromatic carbocycles.